The minimum absolute atomic E-state index is 0.0967. The molecule has 8 heteroatoms. The summed E-state index contributed by atoms with van der Waals surface area (Å²) in [7, 11) is -0.578. The highest BCUT2D eigenvalue weighted by atomic mass is 32.2. The van der Waals surface area contributed by atoms with Crippen LogP contribution in [0.5, 0.6) is 11.5 Å². The van der Waals surface area contributed by atoms with E-state index in [9.17, 15) is 13.2 Å². The van der Waals surface area contributed by atoms with Gasteiger partial charge in [0.15, 0.2) is 11.5 Å². The van der Waals surface area contributed by atoms with Crippen molar-refractivity contribution in [3.8, 4) is 11.5 Å². The number of sulfonamides is 1. The van der Waals surface area contributed by atoms with Crippen molar-refractivity contribution >= 4 is 21.6 Å². The molecule has 1 saturated heterocycles. The smallest absolute Gasteiger partial charge is 0.243 e. The Bertz CT molecular complexity index is 989. The molecule has 0 aromatic heterocycles. The second-order valence-corrected chi connectivity index (χ2v) is 9.29. The Kier molecular flexibility index (Phi) is 6.99. The van der Waals surface area contributed by atoms with Gasteiger partial charge in [-0.05, 0) is 44.0 Å². The third-order valence-corrected chi connectivity index (χ3v) is 7.26. The third kappa shape index (κ3) is 4.94. The van der Waals surface area contributed by atoms with Crippen molar-refractivity contribution < 1.29 is 22.7 Å². The Morgan fingerprint density at radius 2 is 1.77 bits per heavy atom. The molecule has 0 aliphatic carbocycles. The van der Waals surface area contributed by atoms with Gasteiger partial charge in [0.25, 0.3) is 0 Å². The van der Waals surface area contributed by atoms with E-state index in [1.165, 1.54) is 11.4 Å². The Morgan fingerprint density at radius 1 is 1.07 bits per heavy atom. The number of methoxy groups -OCH3 is 2. The van der Waals surface area contributed by atoms with E-state index in [4.69, 9.17) is 9.47 Å². The molecule has 1 aliphatic heterocycles. The summed E-state index contributed by atoms with van der Waals surface area (Å²) in [4.78, 5) is 12.9. The molecule has 2 aromatic rings. The standard InChI is InChI=1S/C22H28N2O5S/c1-16-7-10-19(11-8-16)30(26,27)24-13-5-4-6-18(24)15-22(25)23-17-9-12-20(28-2)21(14-17)29-3/h7-12,14,18H,4-6,13,15H2,1-3H3,(H,23,25). The fourth-order valence-corrected chi connectivity index (χ4v) is 5.37. The maximum atomic E-state index is 13.2. The van der Waals surface area contributed by atoms with Crippen LogP contribution in [0.15, 0.2) is 47.4 Å². The summed E-state index contributed by atoms with van der Waals surface area (Å²) in [6.07, 6.45) is 2.44. The highest BCUT2D eigenvalue weighted by Crippen LogP contribution is 2.31. The summed E-state index contributed by atoms with van der Waals surface area (Å²) in [5, 5.41) is 2.84. The maximum absolute atomic E-state index is 13.2. The van der Waals surface area contributed by atoms with Gasteiger partial charge in [0.1, 0.15) is 0 Å². The molecule has 1 amide bonds. The number of anilines is 1. The number of nitrogens with zero attached hydrogens (tertiary/aromatic N) is 1. The number of piperidine rings is 1. The zero-order valence-electron chi connectivity index (χ0n) is 17.6. The summed E-state index contributed by atoms with van der Waals surface area (Å²) >= 11 is 0. The molecule has 30 heavy (non-hydrogen) atoms. The van der Waals surface area contributed by atoms with E-state index in [1.54, 1.807) is 49.6 Å². The number of benzene rings is 2. The Morgan fingerprint density at radius 3 is 2.43 bits per heavy atom. The summed E-state index contributed by atoms with van der Waals surface area (Å²) in [5.74, 6) is 0.841. The average molecular weight is 433 g/mol. The van der Waals surface area contributed by atoms with Crippen LogP contribution >= 0.6 is 0 Å². The Balaban J connectivity index is 1.74. The molecule has 1 unspecified atom stereocenters. The van der Waals surface area contributed by atoms with Gasteiger partial charge in [-0.1, -0.05) is 24.1 Å². The van der Waals surface area contributed by atoms with Crippen LogP contribution < -0.4 is 14.8 Å². The number of carbonyl (C=O) groups is 1. The lowest BCUT2D eigenvalue weighted by Gasteiger charge is -2.34. The van der Waals surface area contributed by atoms with Crippen LogP contribution in [0, 0.1) is 6.92 Å². The van der Waals surface area contributed by atoms with Crippen molar-refractivity contribution in [1.29, 1.82) is 0 Å². The molecular formula is C22H28N2O5S. The Labute approximate surface area is 178 Å². The van der Waals surface area contributed by atoms with Crippen LogP contribution in [0.4, 0.5) is 5.69 Å². The third-order valence-electron chi connectivity index (χ3n) is 5.29. The molecule has 1 N–H and O–H groups in total. The predicted octanol–water partition coefficient (Wildman–Crippen LogP) is 3.58. The molecule has 0 radical (unpaired) electrons. The molecule has 0 bridgehead atoms. The van der Waals surface area contributed by atoms with Crippen LogP contribution in [0.1, 0.15) is 31.2 Å². The van der Waals surface area contributed by atoms with Gasteiger partial charge >= 0.3 is 0 Å². The first-order chi connectivity index (χ1) is 14.3. The molecule has 1 aliphatic rings. The van der Waals surface area contributed by atoms with Gasteiger partial charge in [-0.25, -0.2) is 8.42 Å². The van der Waals surface area contributed by atoms with Crippen LogP contribution in [-0.2, 0) is 14.8 Å². The Hall–Kier alpha value is -2.58. The van der Waals surface area contributed by atoms with E-state index >= 15 is 0 Å². The van der Waals surface area contributed by atoms with Gasteiger partial charge < -0.3 is 14.8 Å². The quantitative estimate of drug-likeness (QED) is 0.723. The minimum atomic E-state index is -3.65. The van der Waals surface area contributed by atoms with Gasteiger partial charge in [0, 0.05) is 30.8 Å². The average Bonchev–Trinajstić information content (AvgIpc) is 2.74. The minimum Gasteiger partial charge on any atom is -0.493 e. The number of ether oxygens (including phenoxy) is 2. The topological polar surface area (TPSA) is 84.9 Å². The van der Waals surface area contributed by atoms with Crippen molar-refractivity contribution in [1.82, 2.24) is 4.31 Å². The summed E-state index contributed by atoms with van der Waals surface area (Å²) in [6.45, 7) is 2.34. The molecule has 1 atom stereocenters. The number of aryl methyl sites for hydroxylation is 1. The number of hydrogen-bond donors (Lipinski definition) is 1. The van der Waals surface area contributed by atoms with Gasteiger partial charge in [0.05, 0.1) is 19.1 Å². The first-order valence-electron chi connectivity index (χ1n) is 9.95. The highest BCUT2D eigenvalue weighted by molar-refractivity contribution is 7.89. The van der Waals surface area contributed by atoms with Crippen LogP contribution in [0.25, 0.3) is 0 Å². The van der Waals surface area contributed by atoms with Crippen LogP contribution in [0.3, 0.4) is 0 Å². The number of carbonyl (C=O) groups excluding carboxylic acids is 1. The monoisotopic (exact) mass is 432 g/mol. The van der Waals surface area contributed by atoms with Gasteiger partial charge in [-0.15, -0.1) is 0 Å². The molecule has 0 saturated carbocycles. The fraction of sp³-hybridized carbons (Fsp3) is 0.409. The van der Waals surface area contributed by atoms with Crippen molar-refractivity contribution in [2.45, 2.75) is 43.5 Å². The summed E-state index contributed by atoms with van der Waals surface area (Å²) < 4.78 is 38.3. The van der Waals surface area contributed by atoms with Crippen molar-refractivity contribution in [2.75, 3.05) is 26.1 Å². The number of hydrogen-bond acceptors (Lipinski definition) is 5. The highest BCUT2D eigenvalue weighted by Gasteiger charge is 2.34. The molecule has 1 fully saturated rings. The van der Waals surface area contributed by atoms with Crippen molar-refractivity contribution in [3.05, 3.63) is 48.0 Å². The van der Waals surface area contributed by atoms with E-state index in [2.05, 4.69) is 5.32 Å². The van der Waals surface area contributed by atoms with E-state index in [1.807, 2.05) is 6.92 Å². The number of rotatable bonds is 7. The number of nitrogens with one attached hydrogen (secondary N) is 1. The van der Waals surface area contributed by atoms with Crippen molar-refractivity contribution in [3.63, 3.8) is 0 Å². The summed E-state index contributed by atoms with van der Waals surface area (Å²) in [5.41, 5.74) is 1.57. The van der Waals surface area contributed by atoms with Gasteiger partial charge in [0.2, 0.25) is 15.9 Å². The van der Waals surface area contributed by atoms with E-state index in [0.29, 0.717) is 30.2 Å². The largest absolute Gasteiger partial charge is 0.493 e. The molecule has 7 nitrogen and oxygen atoms in total. The van der Waals surface area contributed by atoms with Gasteiger partial charge in [-0.2, -0.15) is 4.31 Å². The van der Waals surface area contributed by atoms with Crippen molar-refractivity contribution in [2.24, 2.45) is 0 Å². The predicted molar refractivity (Wildman–Crippen MR) is 116 cm³/mol. The summed E-state index contributed by atoms with van der Waals surface area (Å²) in [6, 6.07) is 11.6. The second kappa shape index (κ2) is 9.49. The maximum Gasteiger partial charge on any atom is 0.243 e. The first kappa shape index (κ1) is 22.1. The van der Waals surface area contributed by atoms with E-state index in [-0.39, 0.29) is 23.3 Å². The molecule has 3 rings (SSSR count). The molecule has 2 aromatic carbocycles. The molecule has 1 heterocycles. The fourth-order valence-electron chi connectivity index (χ4n) is 3.68. The SMILES string of the molecule is COc1ccc(NC(=O)CC2CCCCN2S(=O)(=O)c2ccc(C)cc2)cc1OC. The lowest BCUT2D eigenvalue weighted by molar-refractivity contribution is -0.117. The molecule has 162 valence electrons. The van der Waals surface area contributed by atoms with Crippen LogP contribution in [-0.4, -0.2) is 45.4 Å². The normalized spacial score (nSPS) is 17.4. The molecular weight excluding hydrogens is 404 g/mol. The van der Waals surface area contributed by atoms with E-state index in [0.717, 1.165) is 18.4 Å². The van der Waals surface area contributed by atoms with E-state index < -0.39 is 10.0 Å². The second-order valence-electron chi connectivity index (χ2n) is 7.40. The van der Waals surface area contributed by atoms with Crippen LogP contribution in [0.2, 0.25) is 0 Å². The van der Waals surface area contributed by atoms with Gasteiger partial charge in [-0.3, -0.25) is 4.79 Å². The zero-order valence-corrected chi connectivity index (χ0v) is 18.4. The first-order valence-corrected chi connectivity index (χ1v) is 11.4. The number of amides is 1. The lowest BCUT2D eigenvalue weighted by Crippen LogP contribution is -2.45. The molecule has 0 spiro atoms. The zero-order chi connectivity index (χ0) is 21.7. The lowest BCUT2D eigenvalue weighted by atomic mass is 10.0.